The number of ketones is 1. The van der Waals surface area contributed by atoms with Crippen molar-refractivity contribution in [3.63, 3.8) is 0 Å². The Morgan fingerprint density at radius 1 is 1.35 bits per heavy atom. The minimum absolute atomic E-state index is 0.155. The van der Waals surface area contributed by atoms with Gasteiger partial charge in [0.15, 0.2) is 5.78 Å². The molecule has 0 heterocycles. The maximum absolute atomic E-state index is 11.6. The van der Waals surface area contributed by atoms with Gasteiger partial charge in [-0.05, 0) is 53.2 Å². The molecule has 0 amide bonds. The van der Waals surface area contributed by atoms with Gasteiger partial charge < -0.3 is 4.74 Å². The monoisotopic (exact) mass is 228 g/mol. The summed E-state index contributed by atoms with van der Waals surface area (Å²) in [5, 5.41) is 0. The van der Waals surface area contributed by atoms with E-state index in [1.54, 1.807) is 7.11 Å². The topological polar surface area (TPSA) is 26.3 Å². The zero-order valence-corrected chi connectivity index (χ0v) is 10.2. The van der Waals surface area contributed by atoms with Gasteiger partial charge in [0.1, 0.15) is 5.75 Å². The molecule has 1 unspecified atom stereocenters. The predicted octanol–water partition coefficient (Wildman–Crippen LogP) is 3.00. The van der Waals surface area contributed by atoms with Crippen LogP contribution in [-0.4, -0.2) is 12.9 Å². The highest BCUT2D eigenvalue weighted by Crippen LogP contribution is 2.51. The fourth-order valence-corrected chi connectivity index (χ4v) is 3.05. The number of carbonyl (C=O) groups excluding carboxylic acids is 1. The van der Waals surface area contributed by atoms with Crippen molar-refractivity contribution in [2.24, 2.45) is 5.41 Å². The predicted molar refractivity (Wildman–Crippen MR) is 67.0 cm³/mol. The molecule has 0 aliphatic heterocycles. The number of ether oxygens (including phenoxy) is 1. The van der Waals surface area contributed by atoms with Crippen molar-refractivity contribution in [1.29, 1.82) is 0 Å². The normalized spacial score (nSPS) is 26.2. The molecule has 0 bridgehead atoms. The number of allylic oxidation sites excluding steroid dienone is 2. The average molecular weight is 228 g/mol. The first-order chi connectivity index (χ1) is 8.12. The number of benzene rings is 1. The van der Waals surface area contributed by atoms with Crippen molar-refractivity contribution in [2.75, 3.05) is 7.11 Å². The van der Waals surface area contributed by atoms with Crippen LogP contribution in [0.3, 0.4) is 0 Å². The Morgan fingerprint density at radius 3 is 2.94 bits per heavy atom. The molecular formula is C15H16O2. The molecule has 1 atom stereocenters. The van der Waals surface area contributed by atoms with Crippen LogP contribution in [0, 0.1) is 5.41 Å². The lowest BCUT2D eigenvalue weighted by atomic mass is 9.74. The maximum atomic E-state index is 11.6. The zero-order chi connectivity index (χ0) is 12.0. The second kappa shape index (κ2) is 3.46. The van der Waals surface area contributed by atoms with Crippen molar-refractivity contribution in [3.05, 3.63) is 35.4 Å². The van der Waals surface area contributed by atoms with Crippen molar-refractivity contribution in [1.82, 2.24) is 0 Å². The van der Waals surface area contributed by atoms with E-state index < -0.39 is 0 Å². The molecule has 0 fully saturated rings. The van der Waals surface area contributed by atoms with E-state index in [0.29, 0.717) is 6.42 Å². The Kier molecular flexibility index (Phi) is 2.15. The van der Waals surface area contributed by atoms with E-state index in [-0.39, 0.29) is 11.2 Å². The SMILES string of the molecule is COc1ccc2c(c1)CC1(C)CCC(=O)C=C21. The van der Waals surface area contributed by atoms with Gasteiger partial charge in [-0.2, -0.15) is 0 Å². The van der Waals surface area contributed by atoms with Crippen LogP contribution < -0.4 is 4.74 Å². The molecule has 0 saturated carbocycles. The van der Waals surface area contributed by atoms with Crippen molar-refractivity contribution < 1.29 is 9.53 Å². The lowest BCUT2D eigenvalue weighted by molar-refractivity contribution is -0.115. The number of fused-ring (bicyclic) bond motifs is 3. The molecular weight excluding hydrogens is 212 g/mol. The molecule has 3 rings (SSSR count). The van der Waals surface area contributed by atoms with Crippen LogP contribution >= 0.6 is 0 Å². The summed E-state index contributed by atoms with van der Waals surface area (Å²) in [5.74, 6) is 1.17. The summed E-state index contributed by atoms with van der Waals surface area (Å²) in [4.78, 5) is 11.6. The van der Waals surface area contributed by atoms with Crippen LogP contribution in [0.25, 0.3) is 5.57 Å². The molecule has 0 saturated heterocycles. The van der Waals surface area contributed by atoms with Crippen molar-refractivity contribution >= 4 is 11.4 Å². The molecule has 2 heteroatoms. The van der Waals surface area contributed by atoms with Gasteiger partial charge in [0.05, 0.1) is 7.11 Å². The summed E-state index contributed by atoms with van der Waals surface area (Å²) in [5.41, 5.74) is 3.93. The van der Waals surface area contributed by atoms with Crippen LogP contribution in [0.15, 0.2) is 24.3 Å². The van der Waals surface area contributed by atoms with E-state index >= 15 is 0 Å². The highest BCUT2D eigenvalue weighted by atomic mass is 16.5. The zero-order valence-electron chi connectivity index (χ0n) is 10.2. The Morgan fingerprint density at radius 2 is 2.18 bits per heavy atom. The van der Waals surface area contributed by atoms with E-state index in [9.17, 15) is 4.79 Å². The van der Waals surface area contributed by atoms with Crippen LogP contribution in [-0.2, 0) is 11.2 Å². The summed E-state index contributed by atoms with van der Waals surface area (Å²) in [6.45, 7) is 2.26. The summed E-state index contributed by atoms with van der Waals surface area (Å²) >= 11 is 0. The Balaban J connectivity index is 2.14. The lowest BCUT2D eigenvalue weighted by Crippen LogP contribution is -2.21. The molecule has 1 aromatic carbocycles. The minimum atomic E-state index is 0.155. The molecule has 1 aromatic rings. The highest BCUT2D eigenvalue weighted by Gasteiger charge is 2.40. The van der Waals surface area contributed by atoms with Crippen molar-refractivity contribution in [3.8, 4) is 5.75 Å². The molecule has 0 spiro atoms. The smallest absolute Gasteiger partial charge is 0.156 e. The maximum Gasteiger partial charge on any atom is 0.156 e. The van der Waals surface area contributed by atoms with E-state index in [0.717, 1.165) is 18.6 Å². The average Bonchev–Trinajstić information content (AvgIpc) is 2.61. The van der Waals surface area contributed by atoms with Gasteiger partial charge in [-0.15, -0.1) is 0 Å². The third-order valence-electron chi connectivity index (χ3n) is 4.06. The second-order valence-electron chi connectivity index (χ2n) is 5.28. The Hall–Kier alpha value is -1.57. The fraction of sp³-hybridized carbons (Fsp3) is 0.400. The summed E-state index contributed by atoms with van der Waals surface area (Å²) in [6, 6.07) is 6.17. The van der Waals surface area contributed by atoms with Crippen LogP contribution in [0.1, 0.15) is 30.9 Å². The number of rotatable bonds is 1. The number of hydrogen-bond donors (Lipinski definition) is 0. The van der Waals surface area contributed by atoms with Crippen molar-refractivity contribution in [2.45, 2.75) is 26.2 Å². The number of hydrogen-bond acceptors (Lipinski definition) is 2. The molecule has 17 heavy (non-hydrogen) atoms. The molecule has 2 aliphatic rings. The summed E-state index contributed by atoms with van der Waals surface area (Å²) < 4.78 is 5.26. The summed E-state index contributed by atoms with van der Waals surface area (Å²) in [6.07, 6.45) is 4.53. The largest absolute Gasteiger partial charge is 0.497 e. The van der Waals surface area contributed by atoms with Gasteiger partial charge >= 0.3 is 0 Å². The first-order valence-electron chi connectivity index (χ1n) is 6.05. The van der Waals surface area contributed by atoms with Crippen LogP contribution in [0.4, 0.5) is 0 Å². The quantitative estimate of drug-likeness (QED) is 0.738. The third kappa shape index (κ3) is 1.51. The van der Waals surface area contributed by atoms with E-state index in [1.165, 1.54) is 16.7 Å². The van der Waals surface area contributed by atoms with E-state index in [4.69, 9.17) is 4.74 Å². The molecule has 0 N–H and O–H groups in total. The van der Waals surface area contributed by atoms with Gasteiger partial charge in [-0.3, -0.25) is 4.79 Å². The van der Waals surface area contributed by atoms with E-state index in [1.807, 2.05) is 12.1 Å². The first kappa shape index (κ1) is 10.6. The molecule has 0 aromatic heterocycles. The number of methoxy groups -OCH3 is 1. The molecule has 88 valence electrons. The standard InChI is InChI=1S/C15H16O2/c1-15-6-5-11(16)8-14(15)13-4-3-12(17-2)7-10(13)9-15/h3-4,7-8H,5-6,9H2,1-2H3. The van der Waals surface area contributed by atoms with Crippen LogP contribution in [0.2, 0.25) is 0 Å². The first-order valence-corrected chi connectivity index (χ1v) is 6.05. The molecule has 2 aliphatic carbocycles. The third-order valence-corrected chi connectivity index (χ3v) is 4.06. The lowest BCUT2D eigenvalue weighted by Gasteiger charge is -2.29. The van der Waals surface area contributed by atoms with Gasteiger partial charge in [0.25, 0.3) is 0 Å². The van der Waals surface area contributed by atoms with Gasteiger partial charge in [-0.25, -0.2) is 0 Å². The van der Waals surface area contributed by atoms with E-state index in [2.05, 4.69) is 19.1 Å². The number of carbonyl (C=O) groups is 1. The summed E-state index contributed by atoms with van der Waals surface area (Å²) in [7, 11) is 1.69. The van der Waals surface area contributed by atoms with Crippen LogP contribution in [0.5, 0.6) is 5.75 Å². The van der Waals surface area contributed by atoms with Gasteiger partial charge in [0, 0.05) is 6.42 Å². The molecule has 2 nitrogen and oxygen atoms in total. The fourth-order valence-electron chi connectivity index (χ4n) is 3.05. The highest BCUT2D eigenvalue weighted by molar-refractivity contribution is 6.01. The molecule has 0 radical (unpaired) electrons. The van der Waals surface area contributed by atoms with Gasteiger partial charge in [-0.1, -0.05) is 13.0 Å². The second-order valence-corrected chi connectivity index (χ2v) is 5.28. The minimum Gasteiger partial charge on any atom is -0.497 e. The van der Waals surface area contributed by atoms with Gasteiger partial charge in [0.2, 0.25) is 0 Å². The Bertz CT molecular complexity index is 528. The Labute approximate surface area is 101 Å².